The minimum Gasteiger partial charge on any atom is -0.393 e. The van der Waals surface area contributed by atoms with Gasteiger partial charge in [-0.05, 0) is 30.0 Å². The van der Waals surface area contributed by atoms with Crippen molar-refractivity contribution in [3.8, 4) is 0 Å². The summed E-state index contributed by atoms with van der Waals surface area (Å²) >= 11 is 0. The summed E-state index contributed by atoms with van der Waals surface area (Å²) < 4.78 is 13.3. The van der Waals surface area contributed by atoms with E-state index in [0.717, 1.165) is 25.1 Å². The molecule has 1 aromatic carbocycles. The van der Waals surface area contributed by atoms with Crippen molar-refractivity contribution in [1.29, 1.82) is 0 Å². The van der Waals surface area contributed by atoms with Crippen LogP contribution in [0.1, 0.15) is 24.9 Å². The zero-order valence-corrected chi connectivity index (χ0v) is 10.7. The third-order valence-corrected chi connectivity index (χ3v) is 3.79. The topological polar surface area (TPSA) is 49.5 Å². The number of nitrogens with two attached hydrogens (primary N) is 1. The van der Waals surface area contributed by atoms with E-state index in [0.29, 0.717) is 6.54 Å². The molecule has 3 atom stereocenters. The number of hydrogen-bond donors (Lipinski definition) is 2. The molecule has 1 aromatic rings. The fraction of sp³-hybridized carbons (Fsp3) is 0.571. The highest BCUT2D eigenvalue weighted by Crippen LogP contribution is 2.26. The van der Waals surface area contributed by atoms with E-state index in [9.17, 15) is 9.50 Å². The Bertz CT molecular complexity index is 399. The van der Waals surface area contributed by atoms with Crippen LogP contribution in [0, 0.1) is 11.7 Å². The normalized spacial score (nSPS) is 27.1. The standard InChI is InChI=1S/C14H21FN2O/c1-10-9-17(6-5-14(10)18)13(8-16)11-3-2-4-12(15)7-11/h2-4,7,10,13-14,18H,5-6,8-9,16H2,1H3. The van der Waals surface area contributed by atoms with E-state index < -0.39 is 0 Å². The van der Waals surface area contributed by atoms with E-state index in [1.807, 2.05) is 13.0 Å². The van der Waals surface area contributed by atoms with Gasteiger partial charge in [-0.15, -0.1) is 0 Å². The molecule has 3 nitrogen and oxygen atoms in total. The Balaban J connectivity index is 2.14. The van der Waals surface area contributed by atoms with Crippen LogP contribution in [0.3, 0.4) is 0 Å². The molecule has 0 aliphatic carbocycles. The van der Waals surface area contributed by atoms with Crippen molar-refractivity contribution >= 4 is 0 Å². The number of rotatable bonds is 3. The van der Waals surface area contributed by atoms with Gasteiger partial charge >= 0.3 is 0 Å². The first-order valence-corrected chi connectivity index (χ1v) is 6.49. The molecule has 0 spiro atoms. The summed E-state index contributed by atoms with van der Waals surface area (Å²) in [5.41, 5.74) is 6.76. The number of benzene rings is 1. The molecule has 1 heterocycles. The largest absolute Gasteiger partial charge is 0.393 e. The molecular weight excluding hydrogens is 231 g/mol. The summed E-state index contributed by atoms with van der Waals surface area (Å²) in [6.07, 6.45) is 0.527. The third kappa shape index (κ3) is 2.88. The molecule has 100 valence electrons. The first kappa shape index (κ1) is 13.5. The van der Waals surface area contributed by atoms with Gasteiger partial charge in [0.15, 0.2) is 0 Å². The quantitative estimate of drug-likeness (QED) is 0.857. The van der Waals surface area contributed by atoms with Crippen LogP contribution in [-0.2, 0) is 0 Å². The summed E-state index contributed by atoms with van der Waals surface area (Å²) in [6, 6.07) is 6.66. The van der Waals surface area contributed by atoms with E-state index in [1.54, 1.807) is 12.1 Å². The lowest BCUT2D eigenvalue weighted by Gasteiger charge is -2.39. The van der Waals surface area contributed by atoms with Crippen LogP contribution in [-0.4, -0.2) is 35.7 Å². The summed E-state index contributed by atoms with van der Waals surface area (Å²) in [4.78, 5) is 2.24. The molecule has 4 heteroatoms. The molecule has 0 aromatic heterocycles. The molecule has 0 saturated carbocycles. The van der Waals surface area contributed by atoms with Gasteiger partial charge in [-0.3, -0.25) is 4.90 Å². The van der Waals surface area contributed by atoms with Gasteiger partial charge in [-0.1, -0.05) is 19.1 Å². The molecule has 0 amide bonds. The maximum Gasteiger partial charge on any atom is 0.123 e. The first-order chi connectivity index (χ1) is 8.61. The van der Waals surface area contributed by atoms with Gasteiger partial charge in [0.25, 0.3) is 0 Å². The van der Waals surface area contributed by atoms with Crippen LogP contribution >= 0.6 is 0 Å². The van der Waals surface area contributed by atoms with Crippen LogP contribution in [0.4, 0.5) is 4.39 Å². The first-order valence-electron chi connectivity index (χ1n) is 6.49. The monoisotopic (exact) mass is 252 g/mol. The molecule has 3 unspecified atom stereocenters. The van der Waals surface area contributed by atoms with Crippen molar-refractivity contribution in [3.63, 3.8) is 0 Å². The van der Waals surface area contributed by atoms with E-state index in [4.69, 9.17) is 5.73 Å². The van der Waals surface area contributed by atoms with Gasteiger partial charge in [0.2, 0.25) is 0 Å². The van der Waals surface area contributed by atoms with Gasteiger partial charge < -0.3 is 10.8 Å². The molecule has 1 aliphatic rings. The molecule has 0 bridgehead atoms. The average molecular weight is 252 g/mol. The van der Waals surface area contributed by atoms with Crippen LogP contribution in [0.25, 0.3) is 0 Å². The molecule has 2 rings (SSSR count). The Morgan fingerprint density at radius 3 is 2.94 bits per heavy atom. The Morgan fingerprint density at radius 2 is 2.33 bits per heavy atom. The average Bonchev–Trinajstić information content (AvgIpc) is 2.35. The van der Waals surface area contributed by atoms with Crippen LogP contribution in [0.2, 0.25) is 0 Å². The Labute approximate surface area is 107 Å². The van der Waals surface area contributed by atoms with Gasteiger partial charge in [0.05, 0.1) is 6.10 Å². The number of likely N-dealkylation sites (tertiary alicyclic amines) is 1. The zero-order chi connectivity index (χ0) is 13.1. The van der Waals surface area contributed by atoms with E-state index in [2.05, 4.69) is 4.90 Å². The maximum atomic E-state index is 13.3. The zero-order valence-electron chi connectivity index (χ0n) is 10.7. The second-order valence-electron chi connectivity index (χ2n) is 5.13. The second kappa shape index (κ2) is 5.78. The summed E-state index contributed by atoms with van der Waals surface area (Å²) in [5, 5.41) is 9.75. The highest BCUT2D eigenvalue weighted by atomic mass is 19.1. The number of aliphatic hydroxyl groups is 1. The Kier molecular flexibility index (Phi) is 4.32. The number of halogens is 1. The van der Waals surface area contributed by atoms with Gasteiger partial charge in [-0.25, -0.2) is 4.39 Å². The van der Waals surface area contributed by atoms with Crippen molar-refractivity contribution in [3.05, 3.63) is 35.6 Å². The molecule has 1 aliphatic heterocycles. The Morgan fingerprint density at radius 1 is 1.56 bits per heavy atom. The molecular formula is C14H21FN2O. The van der Waals surface area contributed by atoms with E-state index in [1.165, 1.54) is 6.07 Å². The summed E-state index contributed by atoms with van der Waals surface area (Å²) in [7, 11) is 0. The third-order valence-electron chi connectivity index (χ3n) is 3.79. The van der Waals surface area contributed by atoms with Crippen LogP contribution in [0.15, 0.2) is 24.3 Å². The number of hydrogen-bond acceptors (Lipinski definition) is 3. The summed E-state index contributed by atoms with van der Waals surface area (Å²) in [5.74, 6) is 0.0115. The van der Waals surface area contributed by atoms with E-state index in [-0.39, 0.29) is 23.9 Å². The second-order valence-corrected chi connectivity index (χ2v) is 5.13. The van der Waals surface area contributed by atoms with Crippen molar-refractivity contribution in [2.24, 2.45) is 11.7 Å². The van der Waals surface area contributed by atoms with Crippen molar-refractivity contribution in [2.75, 3.05) is 19.6 Å². The predicted molar refractivity (Wildman–Crippen MR) is 69.6 cm³/mol. The van der Waals surface area contributed by atoms with Crippen molar-refractivity contribution < 1.29 is 9.50 Å². The SMILES string of the molecule is CC1CN(C(CN)c2cccc(F)c2)CCC1O. The summed E-state index contributed by atoms with van der Waals surface area (Å²) in [6.45, 7) is 4.12. The number of piperidine rings is 1. The molecule has 0 radical (unpaired) electrons. The van der Waals surface area contributed by atoms with Gasteiger partial charge in [0, 0.05) is 25.7 Å². The number of nitrogens with zero attached hydrogens (tertiary/aromatic N) is 1. The van der Waals surface area contributed by atoms with Gasteiger partial charge in [-0.2, -0.15) is 0 Å². The molecule has 18 heavy (non-hydrogen) atoms. The van der Waals surface area contributed by atoms with Crippen molar-refractivity contribution in [1.82, 2.24) is 4.90 Å². The van der Waals surface area contributed by atoms with Gasteiger partial charge in [0.1, 0.15) is 5.82 Å². The number of aliphatic hydroxyl groups excluding tert-OH is 1. The minimum absolute atomic E-state index is 0.0376. The highest BCUT2D eigenvalue weighted by molar-refractivity contribution is 5.21. The lowest BCUT2D eigenvalue weighted by molar-refractivity contribution is 0.0181. The molecule has 1 saturated heterocycles. The molecule has 1 fully saturated rings. The predicted octanol–water partition coefficient (Wildman–Crippen LogP) is 1.53. The maximum absolute atomic E-state index is 13.3. The van der Waals surface area contributed by atoms with Crippen molar-refractivity contribution in [2.45, 2.75) is 25.5 Å². The highest BCUT2D eigenvalue weighted by Gasteiger charge is 2.29. The molecule has 3 N–H and O–H groups in total. The minimum atomic E-state index is -0.229. The van der Waals surface area contributed by atoms with E-state index >= 15 is 0 Å². The smallest absolute Gasteiger partial charge is 0.123 e. The van der Waals surface area contributed by atoms with Crippen LogP contribution in [0.5, 0.6) is 0 Å². The lowest BCUT2D eigenvalue weighted by Crippen LogP contribution is -2.45. The lowest BCUT2D eigenvalue weighted by atomic mass is 9.93. The Hall–Kier alpha value is -0.970. The fourth-order valence-electron chi connectivity index (χ4n) is 2.66. The fourth-order valence-corrected chi connectivity index (χ4v) is 2.66. The van der Waals surface area contributed by atoms with Crippen LogP contribution < -0.4 is 5.73 Å².